The van der Waals surface area contributed by atoms with E-state index in [-0.39, 0.29) is 0 Å². The lowest BCUT2D eigenvalue weighted by Crippen LogP contribution is -2.27. The van der Waals surface area contributed by atoms with Gasteiger partial charge in [-0.1, -0.05) is 36.4 Å². The fourth-order valence-electron chi connectivity index (χ4n) is 5.77. The molecule has 0 radical (unpaired) electrons. The van der Waals surface area contributed by atoms with E-state index >= 15 is 0 Å². The number of methoxy groups -OCH3 is 2. The number of anilines is 2. The first kappa shape index (κ1) is 25.7. The average molecular weight is 534 g/mol. The molecule has 2 heterocycles. The summed E-state index contributed by atoms with van der Waals surface area (Å²) in [4.78, 5) is 12.8. The van der Waals surface area contributed by atoms with Crippen molar-refractivity contribution in [3.63, 3.8) is 0 Å². The molecule has 0 fully saturated rings. The standard InChI is InChI=1S/C33H35N5O2/c1-22-18-27-28(34)13-9-15-30(27)38(22)33-35-29-14-8-7-12-26(29)32(36-33)37(20-23-10-5-4-6-11-23)21-24-16-17-25(39-2)19-31(24)40-3/h4-6,9-11,13,15-19H,7-8,12,14,20-21,34H2,1-3H3. The number of hydrogen-bond donors (Lipinski definition) is 1. The number of aryl methyl sites for hydroxylation is 2. The van der Waals surface area contributed by atoms with Crippen LogP contribution in [0.1, 0.15) is 40.9 Å². The van der Waals surface area contributed by atoms with Gasteiger partial charge in [0.15, 0.2) is 0 Å². The third kappa shape index (κ3) is 4.83. The van der Waals surface area contributed by atoms with Gasteiger partial charge in [-0.2, -0.15) is 4.98 Å². The summed E-state index contributed by atoms with van der Waals surface area (Å²) in [6, 6.07) is 24.7. The van der Waals surface area contributed by atoms with Crippen LogP contribution in [0.15, 0.2) is 72.8 Å². The Balaban J connectivity index is 1.52. The van der Waals surface area contributed by atoms with E-state index < -0.39 is 0 Å². The van der Waals surface area contributed by atoms with Gasteiger partial charge in [-0.15, -0.1) is 0 Å². The molecule has 7 nitrogen and oxygen atoms in total. The fourth-order valence-corrected chi connectivity index (χ4v) is 5.77. The Morgan fingerprint density at radius 2 is 1.70 bits per heavy atom. The van der Waals surface area contributed by atoms with Crippen LogP contribution in [0.2, 0.25) is 0 Å². The molecule has 0 amide bonds. The van der Waals surface area contributed by atoms with E-state index in [1.165, 1.54) is 11.1 Å². The van der Waals surface area contributed by atoms with Crippen LogP contribution >= 0.6 is 0 Å². The molecule has 2 N–H and O–H groups in total. The maximum atomic E-state index is 6.34. The van der Waals surface area contributed by atoms with Crippen molar-refractivity contribution in [1.29, 1.82) is 0 Å². The number of hydrogen-bond acceptors (Lipinski definition) is 6. The van der Waals surface area contributed by atoms with Gasteiger partial charge < -0.3 is 20.1 Å². The number of aromatic nitrogens is 3. The van der Waals surface area contributed by atoms with Crippen LogP contribution in [0, 0.1) is 6.92 Å². The van der Waals surface area contributed by atoms with Gasteiger partial charge in [0.05, 0.1) is 25.4 Å². The van der Waals surface area contributed by atoms with Gasteiger partial charge in [-0.3, -0.25) is 4.57 Å². The molecule has 0 saturated heterocycles. The van der Waals surface area contributed by atoms with Crippen LogP contribution in [0.3, 0.4) is 0 Å². The molecule has 204 valence electrons. The summed E-state index contributed by atoms with van der Waals surface area (Å²) in [5, 5.41) is 1.02. The molecule has 40 heavy (non-hydrogen) atoms. The summed E-state index contributed by atoms with van der Waals surface area (Å²) in [6.45, 7) is 3.42. The van der Waals surface area contributed by atoms with E-state index in [0.717, 1.165) is 76.5 Å². The van der Waals surface area contributed by atoms with E-state index in [1.54, 1.807) is 14.2 Å². The average Bonchev–Trinajstić information content (AvgIpc) is 3.34. The van der Waals surface area contributed by atoms with Crippen LogP contribution in [-0.2, 0) is 25.9 Å². The molecule has 3 aromatic carbocycles. The third-order valence-electron chi connectivity index (χ3n) is 7.78. The smallest absolute Gasteiger partial charge is 0.236 e. The zero-order valence-electron chi connectivity index (χ0n) is 23.4. The molecule has 0 spiro atoms. The van der Waals surface area contributed by atoms with Crippen molar-refractivity contribution in [2.24, 2.45) is 0 Å². The van der Waals surface area contributed by atoms with Gasteiger partial charge in [0, 0.05) is 47.1 Å². The van der Waals surface area contributed by atoms with Crippen LogP contribution < -0.4 is 20.1 Å². The van der Waals surface area contributed by atoms with Crippen LogP contribution in [0.4, 0.5) is 11.5 Å². The first-order valence-electron chi connectivity index (χ1n) is 13.8. The van der Waals surface area contributed by atoms with Crippen molar-refractivity contribution in [2.45, 2.75) is 45.7 Å². The third-order valence-corrected chi connectivity index (χ3v) is 7.78. The molecule has 0 bridgehead atoms. The summed E-state index contributed by atoms with van der Waals surface area (Å²) >= 11 is 0. The highest BCUT2D eigenvalue weighted by atomic mass is 16.5. The zero-order chi connectivity index (χ0) is 27.6. The second kappa shape index (κ2) is 10.9. The molecule has 7 heteroatoms. The summed E-state index contributed by atoms with van der Waals surface area (Å²) < 4.78 is 13.4. The number of benzene rings is 3. The molecule has 1 aliphatic carbocycles. The van der Waals surface area contributed by atoms with E-state index in [4.69, 9.17) is 25.2 Å². The number of nitrogens with zero attached hydrogens (tertiary/aromatic N) is 4. The lowest BCUT2D eigenvalue weighted by atomic mass is 9.95. The molecule has 6 rings (SSSR count). The Labute approximate surface area is 235 Å². The first-order chi connectivity index (χ1) is 19.6. The van der Waals surface area contributed by atoms with E-state index in [9.17, 15) is 0 Å². The highest BCUT2D eigenvalue weighted by molar-refractivity contribution is 5.93. The lowest BCUT2D eigenvalue weighted by molar-refractivity contribution is 0.390. The minimum absolute atomic E-state index is 0.628. The van der Waals surface area contributed by atoms with E-state index in [2.05, 4.69) is 64.9 Å². The minimum Gasteiger partial charge on any atom is -0.497 e. The SMILES string of the molecule is COc1ccc(CN(Cc2ccccc2)c2nc(-n3c(C)cc4c(N)cccc43)nc3c2CCCC3)c(OC)c1. The second-order valence-corrected chi connectivity index (χ2v) is 10.4. The Hall–Kier alpha value is -4.52. The van der Waals surface area contributed by atoms with Gasteiger partial charge in [-0.25, -0.2) is 4.98 Å². The quantitative estimate of drug-likeness (QED) is 0.232. The van der Waals surface area contributed by atoms with Crippen LogP contribution in [0.25, 0.3) is 16.9 Å². The topological polar surface area (TPSA) is 78.4 Å². The number of ether oxygens (including phenoxy) is 2. The molecule has 0 unspecified atom stereocenters. The second-order valence-electron chi connectivity index (χ2n) is 10.4. The Morgan fingerprint density at radius 1 is 0.875 bits per heavy atom. The molecule has 5 aromatic rings. The Kier molecular flexibility index (Phi) is 7.03. The Morgan fingerprint density at radius 3 is 2.50 bits per heavy atom. The summed E-state index contributed by atoms with van der Waals surface area (Å²) in [5.74, 6) is 3.23. The van der Waals surface area contributed by atoms with Crippen molar-refractivity contribution < 1.29 is 9.47 Å². The number of rotatable bonds is 8. The highest BCUT2D eigenvalue weighted by Crippen LogP contribution is 2.35. The maximum absolute atomic E-state index is 6.34. The molecule has 1 aliphatic rings. The van der Waals surface area contributed by atoms with Crippen LogP contribution in [-0.4, -0.2) is 28.8 Å². The largest absolute Gasteiger partial charge is 0.497 e. The molecule has 2 aromatic heterocycles. The number of nitrogen functional groups attached to an aromatic ring is 1. The fraction of sp³-hybridized carbons (Fsp3) is 0.273. The number of nitrogens with two attached hydrogens (primary N) is 1. The molecule has 0 atom stereocenters. The monoisotopic (exact) mass is 533 g/mol. The summed E-state index contributed by atoms with van der Waals surface area (Å²) in [7, 11) is 3.38. The van der Waals surface area contributed by atoms with Crippen molar-refractivity contribution in [1.82, 2.24) is 14.5 Å². The predicted octanol–water partition coefficient (Wildman–Crippen LogP) is 6.41. The molecule has 0 aliphatic heterocycles. The van der Waals surface area contributed by atoms with Gasteiger partial charge in [0.1, 0.15) is 17.3 Å². The van der Waals surface area contributed by atoms with E-state index in [1.807, 2.05) is 24.3 Å². The molecular formula is C33H35N5O2. The van der Waals surface area contributed by atoms with Gasteiger partial charge >= 0.3 is 0 Å². The van der Waals surface area contributed by atoms with Crippen LogP contribution in [0.5, 0.6) is 11.5 Å². The molecule has 0 saturated carbocycles. The summed E-state index contributed by atoms with van der Waals surface area (Å²) in [5.41, 5.74) is 13.8. The number of fused-ring (bicyclic) bond motifs is 2. The van der Waals surface area contributed by atoms with Crippen molar-refractivity contribution in [2.75, 3.05) is 24.9 Å². The van der Waals surface area contributed by atoms with Gasteiger partial charge in [-0.05, 0) is 68.5 Å². The van der Waals surface area contributed by atoms with Crippen molar-refractivity contribution in [3.8, 4) is 17.4 Å². The first-order valence-corrected chi connectivity index (χ1v) is 13.8. The summed E-state index contributed by atoms with van der Waals surface area (Å²) in [6.07, 6.45) is 4.18. The van der Waals surface area contributed by atoms with E-state index in [0.29, 0.717) is 19.0 Å². The van der Waals surface area contributed by atoms with Crippen molar-refractivity contribution >= 4 is 22.4 Å². The maximum Gasteiger partial charge on any atom is 0.236 e. The highest BCUT2D eigenvalue weighted by Gasteiger charge is 2.25. The van der Waals surface area contributed by atoms with Crippen molar-refractivity contribution in [3.05, 3.63) is 101 Å². The Bertz CT molecular complexity index is 1660. The van der Waals surface area contributed by atoms with Gasteiger partial charge in [0.25, 0.3) is 0 Å². The lowest BCUT2D eigenvalue weighted by Gasteiger charge is -2.30. The predicted molar refractivity (Wildman–Crippen MR) is 161 cm³/mol. The van der Waals surface area contributed by atoms with Gasteiger partial charge in [0.2, 0.25) is 5.95 Å². The minimum atomic E-state index is 0.628. The zero-order valence-corrected chi connectivity index (χ0v) is 23.4. The molecular weight excluding hydrogens is 498 g/mol. The normalized spacial score (nSPS) is 12.8.